The smallest absolute Gasteiger partial charge is 0.167 e. The summed E-state index contributed by atoms with van der Waals surface area (Å²) in [5.41, 5.74) is 1.19. The van der Waals surface area contributed by atoms with Crippen molar-refractivity contribution < 1.29 is 18.3 Å². The summed E-state index contributed by atoms with van der Waals surface area (Å²) in [7, 11) is 1.64. The minimum Gasteiger partial charge on any atom is -0.497 e. The topological polar surface area (TPSA) is 21.7 Å². The van der Waals surface area contributed by atoms with Crippen LogP contribution in [0.1, 0.15) is 5.56 Å². The SMILES string of the molecule is COc1ccc(CN2CC(Oc3ccc(F)cc3F)C2)cc1. The van der Waals surface area contributed by atoms with E-state index in [1.165, 1.54) is 17.7 Å². The number of hydrogen-bond acceptors (Lipinski definition) is 3. The summed E-state index contributed by atoms with van der Waals surface area (Å²) in [6.07, 6.45) is -0.0572. The van der Waals surface area contributed by atoms with Crippen molar-refractivity contribution in [3.63, 3.8) is 0 Å². The van der Waals surface area contributed by atoms with Crippen molar-refractivity contribution in [1.82, 2.24) is 4.90 Å². The predicted octanol–water partition coefficient (Wildman–Crippen LogP) is 3.24. The van der Waals surface area contributed by atoms with Gasteiger partial charge in [0, 0.05) is 25.7 Å². The maximum absolute atomic E-state index is 13.5. The highest BCUT2D eigenvalue weighted by Crippen LogP contribution is 2.23. The molecule has 0 atom stereocenters. The molecule has 0 amide bonds. The first-order chi connectivity index (χ1) is 10.6. The van der Waals surface area contributed by atoms with E-state index in [4.69, 9.17) is 9.47 Å². The van der Waals surface area contributed by atoms with Crippen molar-refractivity contribution in [2.24, 2.45) is 0 Å². The number of halogens is 2. The molecule has 116 valence electrons. The van der Waals surface area contributed by atoms with Crippen LogP contribution in [-0.2, 0) is 6.54 Å². The summed E-state index contributed by atoms with van der Waals surface area (Å²) < 4.78 is 37.0. The fraction of sp³-hybridized carbons (Fsp3) is 0.294. The summed E-state index contributed by atoms with van der Waals surface area (Å²) >= 11 is 0. The third kappa shape index (κ3) is 3.36. The summed E-state index contributed by atoms with van der Waals surface area (Å²) in [4.78, 5) is 2.20. The molecular weight excluding hydrogens is 288 g/mol. The van der Waals surface area contributed by atoms with Crippen LogP contribution in [-0.4, -0.2) is 31.2 Å². The van der Waals surface area contributed by atoms with Gasteiger partial charge in [-0.2, -0.15) is 0 Å². The van der Waals surface area contributed by atoms with E-state index in [1.807, 2.05) is 24.3 Å². The van der Waals surface area contributed by atoms with Gasteiger partial charge in [-0.05, 0) is 29.8 Å². The molecule has 1 aliphatic heterocycles. The summed E-state index contributed by atoms with van der Waals surface area (Å²) in [6.45, 7) is 2.27. The quantitative estimate of drug-likeness (QED) is 0.846. The number of rotatable bonds is 5. The van der Waals surface area contributed by atoms with E-state index >= 15 is 0 Å². The van der Waals surface area contributed by atoms with Gasteiger partial charge in [0.1, 0.15) is 17.7 Å². The Morgan fingerprint density at radius 3 is 2.45 bits per heavy atom. The van der Waals surface area contributed by atoms with Crippen LogP contribution in [0.5, 0.6) is 11.5 Å². The molecule has 1 heterocycles. The van der Waals surface area contributed by atoms with Crippen LogP contribution in [0.15, 0.2) is 42.5 Å². The Morgan fingerprint density at radius 1 is 1.09 bits per heavy atom. The predicted molar refractivity (Wildman–Crippen MR) is 79.0 cm³/mol. The molecule has 1 fully saturated rings. The monoisotopic (exact) mass is 305 g/mol. The van der Waals surface area contributed by atoms with E-state index in [0.717, 1.165) is 31.5 Å². The van der Waals surface area contributed by atoms with Crippen molar-refractivity contribution >= 4 is 0 Å². The van der Waals surface area contributed by atoms with Crippen LogP contribution in [0.25, 0.3) is 0 Å². The molecule has 0 saturated carbocycles. The first kappa shape index (κ1) is 14.8. The zero-order chi connectivity index (χ0) is 15.5. The standard InChI is InChI=1S/C17H17F2NO2/c1-21-14-5-2-12(3-6-14)9-20-10-15(11-20)22-17-7-4-13(18)8-16(17)19/h2-8,15H,9-11H2,1H3. The Hall–Kier alpha value is -2.14. The second kappa shape index (κ2) is 6.32. The fourth-order valence-electron chi connectivity index (χ4n) is 2.47. The molecule has 0 radical (unpaired) electrons. The Labute approximate surface area is 128 Å². The lowest BCUT2D eigenvalue weighted by molar-refractivity contribution is 0.0122. The lowest BCUT2D eigenvalue weighted by Gasteiger charge is -2.39. The molecule has 5 heteroatoms. The number of ether oxygens (including phenoxy) is 2. The van der Waals surface area contributed by atoms with Crippen LogP contribution in [0.4, 0.5) is 8.78 Å². The Morgan fingerprint density at radius 2 is 1.82 bits per heavy atom. The van der Waals surface area contributed by atoms with Crippen molar-refractivity contribution in [2.45, 2.75) is 12.6 Å². The van der Waals surface area contributed by atoms with E-state index in [1.54, 1.807) is 7.11 Å². The molecule has 0 unspecified atom stereocenters. The van der Waals surface area contributed by atoms with E-state index in [2.05, 4.69) is 4.90 Å². The first-order valence-electron chi connectivity index (χ1n) is 7.11. The van der Waals surface area contributed by atoms with E-state index in [-0.39, 0.29) is 11.9 Å². The fourth-order valence-corrected chi connectivity index (χ4v) is 2.47. The van der Waals surface area contributed by atoms with Crippen LogP contribution < -0.4 is 9.47 Å². The molecule has 1 saturated heterocycles. The van der Waals surface area contributed by atoms with Crippen LogP contribution in [0, 0.1) is 11.6 Å². The molecular formula is C17H17F2NO2. The number of nitrogens with zero attached hydrogens (tertiary/aromatic N) is 1. The van der Waals surface area contributed by atoms with E-state index in [9.17, 15) is 8.78 Å². The zero-order valence-electron chi connectivity index (χ0n) is 12.3. The highest BCUT2D eigenvalue weighted by molar-refractivity contribution is 5.27. The molecule has 2 aromatic carbocycles. The van der Waals surface area contributed by atoms with Gasteiger partial charge in [-0.3, -0.25) is 4.90 Å². The average molecular weight is 305 g/mol. The Balaban J connectivity index is 1.49. The minimum atomic E-state index is -0.659. The van der Waals surface area contributed by atoms with Crippen LogP contribution in [0.3, 0.4) is 0 Å². The highest BCUT2D eigenvalue weighted by atomic mass is 19.1. The normalized spacial score (nSPS) is 15.4. The summed E-state index contributed by atoms with van der Waals surface area (Å²) in [5, 5.41) is 0. The maximum atomic E-state index is 13.5. The molecule has 0 aromatic heterocycles. The largest absolute Gasteiger partial charge is 0.497 e. The molecule has 0 bridgehead atoms. The number of methoxy groups -OCH3 is 1. The maximum Gasteiger partial charge on any atom is 0.167 e. The van der Waals surface area contributed by atoms with Gasteiger partial charge in [0.15, 0.2) is 11.6 Å². The third-order valence-corrected chi connectivity index (χ3v) is 3.68. The summed E-state index contributed by atoms with van der Waals surface area (Å²) in [6, 6.07) is 11.3. The van der Waals surface area contributed by atoms with Gasteiger partial charge in [-0.25, -0.2) is 8.78 Å². The summed E-state index contributed by atoms with van der Waals surface area (Å²) in [5.74, 6) is -0.316. The Kier molecular flexibility index (Phi) is 4.24. The van der Waals surface area contributed by atoms with Crippen LogP contribution in [0.2, 0.25) is 0 Å². The molecule has 3 nitrogen and oxygen atoms in total. The van der Waals surface area contributed by atoms with E-state index < -0.39 is 11.6 Å². The molecule has 0 spiro atoms. The van der Waals surface area contributed by atoms with Gasteiger partial charge in [0.2, 0.25) is 0 Å². The number of likely N-dealkylation sites (tertiary alicyclic amines) is 1. The second-order valence-electron chi connectivity index (χ2n) is 5.36. The molecule has 2 aromatic rings. The molecule has 3 rings (SSSR count). The Bertz CT molecular complexity index is 640. The third-order valence-electron chi connectivity index (χ3n) is 3.68. The molecule has 1 aliphatic rings. The van der Waals surface area contributed by atoms with Gasteiger partial charge in [-0.1, -0.05) is 12.1 Å². The lowest BCUT2D eigenvalue weighted by Crippen LogP contribution is -2.53. The van der Waals surface area contributed by atoms with Crippen molar-refractivity contribution in [1.29, 1.82) is 0 Å². The van der Waals surface area contributed by atoms with Gasteiger partial charge in [-0.15, -0.1) is 0 Å². The van der Waals surface area contributed by atoms with Crippen molar-refractivity contribution in [2.75, 3.05) is 20.2 Å². The first-order valence-corrected chi connectivity index (χ1v) is 7.11. The molecule has 0 aliphatic carbocycles. The number of benzene rings is 2. The molecule has 22 heavy (non-hydrogen) atoms. The van der Waals surface area contributed by atoms with Crippen molar-refractivity contribution in [3.05, 3.63) is 59.7 Å². The average Bonchev–Trinajstić information content (AvgIpc) is 2.48. The minimum absolute atomic E-state index is 0.0572. The van der Waals surface area contributed by atoms with E-state index in [0.29, 0.717) is 0 Å². The van der Waals surface area contributed by atoms with Gasteiger partial charge >= 0.3 is 0 Å². The van der Waals surface area contributed by atoms with Gasteiger partial charge in [0.25, 0.3) is 0 Å². The van der Waals surface area contributed by atoms with Crippen molar-refractivity contribution in [3.8, 4) is 11.5 Å². The van der Waals surface area contributed by atoms with Gasteiger partial charge in [0.05, 0.1) is 7.11 Å². The number of hydrogen-bond donors (Lipinski definition) is 0. The lowest BCUT2D eigenvalue weighted by atomic mass is 10.1. The molecule has 0 N–H and O–H groups in total. The van der Waals surface area contributed by atoms with Gasteiger partial charge < -0.3 is 9.47 Å². The second-order valence-corrected chi connectivity index (χ2v) is 5.36. The van der Waals surface area contributed by atoms with Crippen LogP contribution >= 0.6 is 0 Å². The highest BCUT2D eigenvalue weighted by Gasteiger charge is 2.29. The zero-order valence-corrected chi connectivity index (χ0v) is 12.3.